The Balaban J connectivity index is 2.07. The molecule has 0 radical (unpaired) electrons. The fourth-order valence-electron chi connectivity index (χ4n) is 2.68. The molecule has 19 heavy (non-hydrogen) atoms. The van der Waals surface area contributed by atoms with Crippen LogP contribution >= 0.6 is 0 Å². The molecule has 3 heteroatoms. The van der Waals surface area contributed by atoms with Crippen molar-refractivity contribution in [1.82, 2.24) is 4.90 Å². The van der Waals surface area contributed by atoms with E-state index in [4.69, 9.17) is 5.73 Å². The Kier molecular flexibility index (Phi) is 4.97. The highest BCUT2D eigenvalue weighted by Gasteiger charge is 2.19. The molecule has 1 fully saturated rings. The van der Waals surface area contributed by atoms with E-state index < -0.39 is 0 Å². The third-order valence-corrected chi connectivity index (χ3v) is 3.91. The molecule has 1 aliphatic rings. The van der Waals surface area contributed by atoms with Gasteiger partial charge in [-0.15, -0.1) is 0 Å². The van der Waals surface area contributed by atoms with Crippen molar-refractivity contribution < 1.29 is 4.79 Å². The molecule has 0 bridgehead atoms. The zero-order valence-electron chi connectivity index (χ0n) is 11.8. The van der Waals surface area contributed by atoms with Crippen LogP contribution in [0.15, 0.2) is 24.3 Å². The standard InChI is InChI=1S/C16H24N2O/c1-13-4-3-10-18(11-8-13)16(19)15-6-2-5-14(12-15)7-9-17/h2,5-6,12-13H,3-4,7-11,17H2,1H3. The SMILES string of the molecule is CC1CCCN(C(=O)c2cccc(CCN)c2)CC1. The fraction of sp³-hybridized carbons (Fsp3) is 0.562. The van der Waals surface area contributed by atoms with Gasteiger partial charge in [-0.1, -0.05) is 19.1 Å². The molecule has 3 nitrogen and oxygen atoms in total. The Morgan fingerprint density at radius 1 is 1.37 bits per heavy atom. The molecule has 2 N–H and O–H groups in total. The molecule has 2 rings (SSSR count). The van der Waals surface area contributed by atoms with Gasteiger partial charge in [-0.2, -0.15) is 0 Å². The van der Waals surface area contributed by atoms with Gasteiger partial charge in [0, 0.05) is 18.7 Å². The van der Waals surface area contributed by atoms with Crippen molar-refractivity contribution in [3.63, 3.8) is 0 Å². The molecule has 1 saturated heterocycles. The Bertz CT molecular complexity index is 431. The summed E-state index contributed by atoms with van der Waals surface area (Å²) in [7, 11) is 0. The molecule has 0 spiro atoms. The van der Waals surface area contributed by atoms with Crippen molar-refractivity contribution in [2.75, 3.05) is 19.6 Å². The van der Waals surface area contributed by atoms with E-state index >= 15 is 0 Å². The average Bonchev–Trinajstić information content (AvgIpc) is 2.63. The molecular formula is C16H24N2O. The maximum Gasteiger partial charge on any atom is 0.253 e. The number of amides is 1. The van der Waals surface area contributed by atoms with Crippen molar-refractivity contribution in [2.45, 2.75) is 32.6 Å². The van der Waals surface area contributed by atoms with Crippen LogP contribution in [0.25, 0.3) is 0 Å². The van der Waals surface area contributed by atoms with Crippen LogP contribution < -0.4 is 5.73 Å². The van der Waals surface area contributed by atoms with E-state index in [1.165, 1.54) is 6.42 Å². The molecule has 1 aromatic carbocycles. The molecule has 1 aliphatic heterocycles. The third-order valence-electron chi connectivity index (χ3n) is 3.91. The second-order valence-electron chi connectivity index (χ2n) is 5.57. The van der Waals surface area contributed by atoms with E-state index in [1.54, 1.807) is 0 Å². The normalized spacial score (nSPS) is 20.1. The number of rotatable bonds is 3. The molecule has 1 atom stereocenters. The third kappa shape index (κ3) is 3.80. The molecule has 1 amide bonds. The molecule has 1 aromatic rings. The Morgan fingerprint density at radius 3 is 3.00 bits per heavy atom. The van der Waals surface area contributed by atoms with Crippen LogP contribution in [0.2, 0.25) is 0 Å². The molecular weight excluding hydrogens is 236 g/mol. The lowest BCUT2D eigenvalue weighted by Crippen LogP contribution is -2.32. The van der Waals surface area contributed by atoms with E-state index in [0.29, 0.717) is 6.54 Å². The summed E-state index contributed by atoms with van der Waals surface area (Å²) in [5.41, 5.74) is 7.53. The molecule has 1 heterocycles. The summed E-state index contributed by atoms with van der Waals surface area (Å²) in [5, 5.41) is 0. The highest BCUT2D eigenvalue weighted by Crippen LogP contribution is 2.18. The lowest BCUT2D eigenvalue weighted by Gasteiger charge is -2.20. The van der Waals surface area contributed by atoms with Gasteiger partial charge >= 0.3 is 0 Å². The van der Waals surface area contributed by atoms with E-state index in [1.807, 2.05) is 29.2 Å². The number of likely N-dealkylation sites (tertiary alicyclic amines) is 1. The smallest absolute Gasteiger partial charge is 0.253 e. The first kappa shape index (κ1) is 14.1. The van der Waals surface area contributed by atoms with Gasteiger partial charge in [-0.05, 0) is 55.8 Å². The van der Waals surface area contributed by atoms with Crippen LogP contribution in [0.1, 0.15) is 42.1 Å². The average molecular weight is 260 g/mol. The topological polar surface area (TPSA) is 46.3 Å². The number of carbonyl (C=O) groups is 1. The van der Waals surface area contributed by atoms with Crippen molar-refractivity contribution >= 4 is 5.91 Å². The van der Waals surface area contributed by atoms with Crippen molar-refractivity contribution in [2.24, 2.45) is 11.7 Å². The van der Waals surface area contributed by atoms with Crippen LogP contribution in [0.4, 0.5) is 0 Å². The van der Waals surface area contributed by atoms with E-state index in [2.05, 4.69) is 6.92 Å². The summed E-state index contributed by atoms with van der Waals surface area (Å²) >= 11 is 0. The number of nitrogens with zero attached hydrogens (tertiary/aromatic N) is 1. The number of benzene rings is 1. The number of carbonyl (C=O) groups excluding carboxylic acids is 1. The molecule has 0 aliphatic carbocycles. The van der Waals surface area contributed by atoms with Gasteiger partial charge in [0.1, 0.15) is 0 Å². The van der Waals surface area contributed by atoms with Crippen LogP contribution in [-0.4, -0.2) is 30.4 Å². The lowest BCUT2D eigenvalue weighted by molar-refractivity contribution is 0.0760. The van der Waals surface area contributed by atoms with Gasteiger partial charge in [-0.25, -0.2) is 0 Å². The summed E-state index contributed by atoms with van der Waals surface area (Å²) in [5.74, 6) is 0.911. The first-order valence-corrected chi connectivity index (χ1v) is 7.29. The van der Waals surface area contributed by atoms with Crippen molar-refractivity contribution in [3.05, 3.63) is 35.4 Å². The zero-order valence-corrected chi connectivity index (χ0v) is 11.8. The van der Waals surface area contributed by atoms with Crippen molar-refractivity contribution in [3.8, 4) is 0 Å². The van der Waals surface area contributed by atoms with Gasteiger partial charge in [0.2, 0.25) is 0 Å². The molecule has 1 unspecified atom stereocenters. The lowest BCUT2D eigenvalue weighted by atomic mass is 10.0. The molecule has 0 saturated carbocycles. The van der Waals surface area contributed by atoms with Gasteiger partial charge < -0.3 is 10.6 Å². The Labute approximate surface area is 115 Å². The number of hydrogen-bond acceptors (Lipinski definition) is 2. The summed E-state index contributed by atoms with van der Waals surface area (Å²) in [6, 6.07) is 7.90. The summed E-state index contributed by atoms with van der Waals surface area (Å²) < 4.78 is 0. The number of nitrogens with two attached hydrogens (primary N) is 1. The van der Waals surface area contributed by atoms with Crippen molar-refractivity contribution in [1.29, 1.82) is 0 Å². The van der Waals surface area contributed by atoms with Crippen LogP contribution in [0, 0.1) is 5.92 Å². The highest BCUT2D eigenvalue weighted by molar-refractivity contribution is 5.94. The summed E-state index contributed by atoms with van der Waals surface area (Å²) in [4.78, 5) is 14.5. The zero-order chi connectivity index (χ0) is 13.7. The fourth-order valence-corrected chi connectivity index (χ4v) is 2.68. The molecule has 0 aromatic heterocycles. The largest absolute Gasteiger partial charge is 0.339 e. The van der Waals surface area contributed by atoms with Gasteiger partial charge in [0.15, 0.2) is 0 Å². The van der Waals surface area contributed by atoms with Crippen LogP contribution in [-0.2, 0) is 6.42 Å². The predicted molar refractivity (Wildman–Crippen MR) is 78.1 cm³/mol. The number of hydrogen-bond donors (Lipinski definition) is 1. The van der Waals surface area contributed by atoms with Crippen LogP contribution in [0.3, 0.4) is 0 Å². The predicted octanol–water partition coefficient (Wildman–Crippen LogP) is 2.45. The van der Waals surface area contributed by atoms with Crippen LogP contribution in [0.5, 0.6) is 0 Å². The Morgan fingerprint density at radius 2 is 2.21 bits per heavy atom. The minimum Gasteiger partial charge on any atom is -0.339 e. The molecule has 104 valence electrons. The quantitative estimate of drug-likeness (QED) is 0.907. The maximum absolute atomic E-state index is 12.5. The minimum absolute atomic E-state index is 0.174. The maximum atomic E-state index is 12.5. The van der Waals surface area contributed by atoms with Gasteiger partial charge in [-0.3, -0.25) is 4.79 Å². The Hall–Kier alpha value is -1.35. The summed E-state index contributed by atoms with van der Waals surface area (Å²) in [6.45, 7) is 4.68. The second-order valence-corrected chi connectivity index (χ2v) is 5.57. The summed E-state index contributed by atoms with van der Waals surface area (Å²) in [6.07, 6.45) is 4.30. The second kappa shape index (κ2) is 6.71. The first-order valence-electron chi connectivity index (χ1n) is 7.29. The van der Waals surface area contributed by atoms with E-state index in [-0.39, 0.29) is 5.91 Å². The first-order chi connectivity index (χ1) is 9.20. The highest BCUT2D eigenvalue weighted by atomic mass is 16.2. The van der Waals surface area contributed by atoms with E-state index in [9.17, 15) is 4.79 Å². The monoisotopic (exact) mass is 260 g/mol. The minimum atomic E-state index is 0.174. The van der Waals surface area contributed by atoms with Gasteiger partial charge in [0.05, 0.1) is 0 Å². The van der Waals surface area contributed by atoms with Gasteiger partial charge in [0.25, 0.3) is 5.91 Å². The van der Waals surface area contributed by atoms with E-state index in [0.717, 1.165) is 49.4 Å².